The number of carbonyl (C=O) groups is 6. The van der Waals surface area contributed by atoms with Gasteiger partial charge in [0.2, 0.25) is 23.5 Å². The summed E-state index contributed by atoms with van der Waals surface area (Å²) < 4.78 is 5.41. The number of hydrogen-bond donors (Lipinski definition) is 4. The summed E-state index contributed by atoms with van der Waals surface area (Å²) in [7, 11) is 0. The summed E-state index contributed by atoms with van der Waals surface area (Å²) in [5.41, 5.74) is -0.835. The van der Waals surface area contributed by atoms with Gasteiger partial charge in [0, 0.05) is 13.1 Å². The van der Waals surface area contributed by atoms with Gasteiger partial charge in [0.05, 0.1) is 12.6 Å². The molecule has 2 aliphatic rings. The molecule has 5 amide bonds. The molecule has 0 radical (unpaired) electrons. The first-order chi connectivity index (χ1) is 21.8. The van der Waals surface area contributed by atoms with Crippen molar-refractivity contribution in [2.45, 2.75) is 98.5 Å². The van der Waals surface area contributed by atoms with Crippen molar-refractivity contribution in [1.29, 1.82) is 0 Å². The van der Waals surface area contributed by atoms with Crippen LogP contribution in [0.1, 0.15) is 73.8 Å². The van der Waals surface area contributed by atoms with Gasteiger partial charge in [-0.05, 0) is 61.8 Å². The van der Waals surface area contributed by atoms with E-state index < -0.39 is 71.2 Å². The van der Waals surface area contributed by atoms with Crippen molar-refractivity contribution in [3.63, 3.8) is 0 Å². The fourth-order valence-electron chi connectivity index (χ4n) is 6.13. The van der Waals surface area contributed by atoms with E-state index in [4.69, 9.17) is 4.74 Å². The topological polar surface area (TPSA) is 163 Å². The predicted molar refractivity (Wildman–Crippen MR) is 177 cm³/mol. The number of Topliss-reactive ketones (excluding diaryl/α,β-unsaturated/α-hetero) is 1. The van der Waals surface area contributed by atoms with Crippen LogP contribution in [0.3, 0.4) is 0 Å². The summed E-state index contributed by atoms with van der Waals surface area (Å²) in [6, 6.07) is 6.12. The lowest BCUT2D eigenvalue weighted by atomic mass is 9.85. The van der Waals surface area contributed by atoms with Crippen LogP contribution in [0.4, 0.5) is 4.79 Å². The zero-order valence-corrected chi connectivity index (χ0v) is 28.9. The summed E-state index contributed by atoms with van der Waals surface area (Å²) in [4.78, 5) is 80.7. The summed E-state index contributed by atoms with van der Waals surface area (Å²) >= 11 is 0. The second-order valence-electron chi connectivity index (χ2n) is 15.1. The maximum absolute atomic E-state index is 14.1. The van der Waals surface area contributed by atoms with E-state index in [9.17, 15) is 28.8 Å². The first-order valence-corrected chi connectivity index (χ1v) is 16.1. The minimum Gasteiger partial charge on any atom is -0.444 e. The van der Waals surface area contributed by atoms with Crippen LogP contribution in [0, 0.1) is 22.7 Å². The van der Waals surface area contributed by atoms with E-state index in [1.165, 1.54) is 4.90 Å². The van der Waals surface area contributed by atoms with Gasteiger partial charge in [-0.25, -0.2) is 4.79 Å². The Bertz CT molecular complexity index is 1360. The molecule has 1 saturated heterocycles. The highest BCUT2D eigenvalue weighted by atomic mass is 16.6. The monoisotopic (exact) mass is 653 g/mol. The number of likely N-dealkylation sites (tertiary alicyclic amines) is 1. The normalized spacial score (nSPS) is 20.9. The smallest absolute Gasteiger partial charge is 0.408 e. The highest BCUT2D eigenvalue weighted by Crippen LogP contribution is 2.65. The zero-order chi connectivity index (χ0) is 35.3. The van der Waals surface area contributed by atoms with Crippen molar-refractivity contribution in [1.82, 2.24) is 26.2 Å². The highest BCUT2D eigenvalue weighted by Gasteiger charge is 2.70. The molecule has 1 aromatic rings. The fraction of sp³-hybridized carbons (Fsp3) is 0.600. The molecule has 3 unspecified atom stereocenters. The molecular weight excluding hydrogens is 602 g/mol. The van der Waals surface area contributed by atoms with E-state index in [-0.39, 0.29) is 30.2 Å². The minimum atomic E-state index is -1.20. The molecule has 258 valence electrons. The zero-order valence-electron chi connectivity index (χ0n) is 28.9. The molecule has 0 bridgehead atoms. The van der Waals surface area contributed by atoms with Gasteiger partial charge >= 0.3 is 6.09 Å². The molecule has 5 atom stereocenters. The van der Waals surface area contributed by atoms with E-state index in [1.54, 1.807) is 26.8 Å². The van der Waals surface area contributed by atoms with Crippen LogP contribution in [-0.2, 0) is 35.3 Å². The third kappa shape index (κ3) is 9.65. The molecule has 0 spiro atoms. The summed E-state index contributed by atoms with van der Waals surface area (Å²) in [5.74, 6) is -3.50. The number of piperidine rings is 1. The number of benzene rings is 1. The van der Waals surface area contributed by atoms with Gasteiger partial charge in [0.1, 0.15) is 17.7 Å². The Balaban J connectivity index is 1.73. The molecule has 1 saturated carbocycles. The first-order valence-electron chi connectivity index (χ1n) is 16.1. The van der Waals surface area contributed by atoms with E-state index in [0.717, 1.165) is 5.56 Å². The number of ketones is 1. The number of carbonyl (C=O) groups excluding carboxylic acids is 6. The predicted octanol–water partition coefficient (Wildman–Crippen LogP) is 2.86. The Morgan fingerprint density at radius 2 is 1.64 bits per heavy atom. The van der Waals surface area contributed by atoms with Crippen molar-refractivity contribution in [3.8, 4) is 0 Å². The second-order valence-corrected chi connectivity index (χ2v) is 15.1. The Morgan fingerprint density at radius 1 is 1.00 bits per heavy atom. The standard InChI is InChI=1S/C35H51N5O7/c1-10-11-17-23(27(42)30(44)37-19-24(41)36-18-21-15-13-12-14-16-21)38-29(43)26-25-22(35(25,8)9)20-40(26)31(45)28(33(2,3)4)39-32(46)47-34(5,6)7/h10,12-16,22-23,25-26,28H,1,11,17-20H2,2-9H3,(H,36,41)(H,37,44)(H,38,43)(H,39,46)/t22?,23?,25?,26-,28+/m0/s1. The number of ether oxygens (including phenoxy) is 1. The molecule has 1 aliphatic carbocycles. The van der Waals surface area contributed by atoms with Crippen LogP contribution >= 0.6 is 0 Å². The lowest BCUT2D eigenvalue weighted by molar-refractivity contribution is -0.145. The summed E-state index contributed by atoms with van der Waals surface area (Å²) in [6.07, 6.45) is 1.26. The van der Waals surface area contributed by atoms with Crippen LogP contribution in [0.25, 0.3) is 0 Å². The Labute approximate surface area is 277 Å². The largest absolute Gasteiger partial charge is 0.444 e. The SMILES string of the molecule is C=CCCC(NC(=O)[C@@H]1C2C(CN1C(=O)[C@@H](NC(=O)OC(C)(C)C)C(C)(C)C)C2(C)C)C(=O)C(=O)NCC(=O)NCc1ccccc1. The Morgan fingerprint density at radius 3 is 2.21 bits per heavy atom. The number of hydrogen-bond acceptors (Lipinski definition) is 7. The molecular formula is C35H51N5O7. The number of rotatable bonds is 13. The van der Waals surface area contributed by atoms with Crippen molar-refractivity contribution in [3.05, 3.63) is 48.6 Å². The molecule has 1 heterocycles. The van der Waals surface area contributed by atoms with Crippen LogP contribution < -0.4 is 21.3 Å². The molecule has 1 aromatic carbocycles. The van der Waals surface area contributed by atoms with Gasteiger partial charge in [-0.1, -0.05) is 71.0 Å². The maximum atomic E-state index is 14.1. The molecule has 12 nitrogen and oxygen atoms in total. The van der Waals surface area contributed by atoms with Gasteiger partial charge < -0.3 is 30.9 Å². The van der Waals surface area contributed by atoms with Gasteiger partial charge in [-0.15, -0.1) is 6.58 Å². The maximum Gasteiger partial charge on any atom is 0.408 e. The molecule has 12 heteroatoms. The number of fused-ring (bicyclic) bond motifs is 1. The van der Waals surface area contributed by atoms with Crippen LogP contribution in [-0.4, -0.2) is 77.2 Å². The number of amides is 5. The lowest BCUT2D eigenvalue weighted by Crippen LogP contribution is -2.60. The van der Waals surface area contributed by atoms with Gasteiger partial charge in [-0.3, -0.25) is 24.0 Å². The molecule has 3 rings (SSSR count). The van der Waals surface area contributed by atoms with Crippen molar-refractivity contribution >= 4 is 35.5 Å². The van der Waals surface area contributed by atoms with Gasteiger partial charge in [0.15, 0.2) is 0 Å². The quantitative estimate of drug-likeness (QED) is 0.188. The van der Waals surface area contributed by atoms with E-state index >= 15 is 0 Å². The highest BCUT2D eigenvalue weighted by molar-refractivity contribution is 6.38. The fourth-order valence-corrected chi connectivity index (χ4v) is 6.13. The van der Waals surface area contributed by atoms with Crippen LogP contribution in [0.2, 0.25) is 0 Å². The van der Waals surface area contributed by atoms with Crippen LogP contribution in [0.15, 0.2) is 43.0 Å². The second kappa shape index (κ2) is 14.7. The molecule has 0 aromatic heterocycles. The van der Waals surface area contributed by atoms with Crippen molar-refractivity contribution in [2.75, 3.05) is 13.1 Å². The van der Waals surface area contributed by atoms with E-state index in [2.05, 4.69) is 27.8 Å². The average molecular weight is 654 g/mol. The third-order valence-electron chi connectivity index (χ3n) is 8.79. The first kappa shape index (κ1) is 37.2. The van der Waals surface area contributed by atoms with Gasteiger partial charge in [0.25, 0.3) is 5.91 Å². The number of nitrogens with one attached hydrogen (secondary N) is 4. The Kier molecular flexibility index (Phi) is 11.6. The van der Waals surface area contributed by atoms with E-state index in [0.29, 0.717) is 13.0 Å². The van der Waals surface area contributed by atoms with Crippen LogP contribution in [0.5, 0.6) is 0 Å². The Hall–Kier alpha value is -4.22. The van der Waals surface area contributed by atoms with Gasteiger partial charge in [-0.2, -0.15) is 0 Å². The molecule has 1 aliphatic heterocycles. The minimum absolute atomic E-state index is 0.0457. The van der Waals surface area contributed by atoms with E-state index in [1.807, 2.05) is 65.0 Å². The number of nitrogens with zero attached hydrogens (tertiary/aromatic N) is 1. The third-order valence-corrected chi connectivity index (χ3v) is 8.79. The summed E-state index contributed by atoms with van der Waals surface area (Å²) in [5, 5.41) is 10.5. The molecule has 47 heavy (non-hydrogen) atoms. The summed E-state index contributed by atoms with van der Waals surface area (Å²) in [6.45, 7) is 18.5. The molecule has 4 N–H and O–H groups in total. The van der Waals surface area contributed by atoms with Crippen molar-refractivity contribution < 1.29 is 33.5 Å². The number of allylic oxidation sites excluding steroid dienone is 1. The number of alkyl carbamates (subject to hydrolysis) is 1. The molecule has 2 fully saturated rings. The average Bonchev–Trinajstić information content (AvgIpc) is 3.29. The lowest BCUT2D eigenvalue weighted by Gasteiger charge is -2.38. The van der Waals surface area contributed by atoms with Crippen molar-refractivity contribution in [2.24, 2.45) is 22.7 Å².